The van der Waals surface area contributed by atoms with Crippen molar-refractivity contribution in [2.24, 2.45) is 0 Å². The Morgan fingerprint density at radius 3 is 2.36 bits per heavy atom. The summed E-state index contributed by atoms with van der Waals surface area (Å²) in [6.07, 6.45) is 1.48. The number of benzene rings is 3. The first-order valence-electron chi connectivity index (χ1n) is 9.79. The Bertz CT molecular complexity index is 1180. The first-order chi connectivity index (χ1) is 15.9. The molecule has 0 aliphatic carbocycles. The minimum atomic E-state index is -0.476. The van der Waals surface area contributed by atoms with Gasteiger partial charge in [0.2, 0.25) is 0 Å². The maximum absolute atomic E-state index is 12.5. The fourth-order valence-electron chi connectivity index (χ4n) is 2.87. The van der Waals surface area contributed by atoms with E-state index in [9.17, 15) is 10.1 Å². The van der Waals surface area contributed by atoms with Crippen LogP contribution < -0.4 is 14.8 Å². The van der Waals surface area contributed by atoms with Gasteiger partial charge >= 0.3 is 0 Å². The number of methoxy groups -OCH3 is 1. The van der Waals surface area contributed by atoms with Crippen LogP contribution in [0.3, 0.4) is 0 Å². The van der Waals surface area contributed by atoms with E-state index in [2.05, 4.69) is 37.2 Å². The maximum atomic E-state index is 12.5. The summed E-state index contributed by atoms with van der Waals surface area (Å²) in [5.41, 5.74) is 2.44. The lowest BCUT2D eigenvalue weighted by Gasteiger charge is -2.12. The first kappa shape index (κ1) is 24.8. The van der Waals surface area contributed by atoms with Crippen molar-refractivity contribution in [3.8, 4) is 17.6 Å². The summed E-state index contributed by atoms with van der Waals surface area (Å²) in [5, 5.41) is 12.6. The normalized spacial score (nSPS) is 10.9. The Balaban J connectivity index is 1.68. The Labute approximate surface area is 214 Å². The third-order valence-electron chi connectivity index (χ3n) is 4.61. The highest BCUT2D eigenvalue weighted by Gasteiger charge is 2.13. The smallest absolute Gasteiger partial charge is 0.262 e. The van der Waals surface area contributed by atoms with Gasteiger partial charge in [-0.3, -0.25) is 4.79 Å². The second-order valence-corrected chi connectivity index (χ2v) is 9.11. The summed E-state index contributed by atoms with van der Waals surface area (Å²) >= 11 is 13.3. The van der Waals surface area contributed by atoms with Crippen LogP contribution in [-0.2, 0) is 17.9 Å². The predicted molar refractivity (Wildman–Crippen MR) is 136 cm³/mol. The molecule has 1 amide bonds. The van der Waals surface area contributed by atoms with Gasteiger partial charge in [-0.05, 0) is 75.1 Å². The van der Waals surface area contributed by atoms with Crippen LogP contribution in [0.15, 0.2) is 75.2 Å². The molecule has 3 rings (SSSR count). The van der Waals surface area contributed by atoms with Gasteiger partial charge in [-0.25, -0.2) is 0 Å². The fourth-order valence-corrected chi connectivity index (χ4v) is 4.13. The van der Waals surface area contributed by atoms with Crippen molar-refractivity contribution in [2.45, 2.75) is 13.2 Å². The lowest BCUT2D eigenvalue weighted by molar-refractivity contribution is -0.117. The van der Waals surface area contributed by atoms with Crippen LogP contribution in [0.2, 0.25) is 5.02 Å². The lowest BCUT2D eigenvalue weighted by atomic mass is 10.1. The second-order valence-electron chi connectivity index (χ2n) is 6.93. The molecule has 3 aromatic rings. The molecule has 3 aromatic carbocycles. The number of amides is 1. The van der Waals surface area contributed by atoms with Gasteiger partial charge in [0.05, 0.1) is 16.6 Å². The molecule has 0 saturated heterocycles. The van der Waals surface area contributed by atoms with Crippen LogP contribution in [0.5, 0.6) is 11.5 Å². The number of nitrogens with zero attached hydrogens (tertiary/aromatic N) is 1. The number of halogens is 3. The van der Waals surface area contributed by atoms with Gasteiger partial charge in [0.25, 0.3) is 5.91 Å². The average Bonchev–Trinajstić information content (AvgIpc) is 2.82. The monoisotopic (exact) mass is 588 g/mol. The molecule has 0 aromatic heterocycles. The third kappa shape index (κ3) is 7.10. The molecule has 168 valence electrons. The lowest BCUT2D eigenvalue weighted by Crippen LogP contribution is -2.23. The largest absolute Gasteiger partial charge is 0.497 e. The third-order valence-corrected chi connectivity index (χ3v) is 6.00. The number of rotatable bonds is 8. The Kier molecular flexibility index (Phi) is 8.95. The molecule has 33 heavy (non-hydrogen) atoms. The van der Waals surface area contributed by atoms with Gasteiger partial charge in [0, 0.05) is 11.0 Å². The number of ether oxygens (including phenoxy) is 2. The minimum Gasteiger partial charge on any atom is -0.497 e. The summed E-state index contributed by atoms with van der Waals surface area (Å²) < 4.78 is 12.6. The van der Waals surface area contributed by atoms with Crippen molar-refractivity contribution in [1.82, 2.24) is 5.32 Å². The van der Waals surface area contributed by atoms with Crippen LogP contribution in [0.25, 0.3) is 6.08 Å². The van der Waals surface area contributed by atoms with E-state index in [0.717, 1.165) is 21.3 Å². The summed E-state index contributed by atoms with van der Waals surface area (Å²) in [4.78, 5) is 12.5. The number of carbonyl (C=O) groups is 1. The molecule has 0 aliphatic heterocycles. The first-order valence-corrected chi connectivity index (χ1v) is 11.7. The van der Waals surface area contributed by atoms with E-state index >= 15 is 0 Å². The Morgan fingerprint density at radius 1 is 1.09 bits per heavy atom. The summed E-state index contributed by atoms with van der Waals surface area (Å²) in [6, 6.07) is 20.4. The van der Waals surface area contributed by atoms with Crippen LogP contribution in [0, 0.1) is 11.3 Å². The Morgan fingerprint density at radius 2 is 1.76 bits per heavy atom. The average molecular weight is 591 g/mol. The number of hydrogen-bond acceptors (Lipinski definition) is 4. The van der Waals surface area contributed by atoms with Crippen LogP contribution in [0.4, 0.5) is 0 Å². The van der Waals surface area contributed by atoms with Crippen molar-refractivity contribution in [3.63, 3.8) is 0 Å². The molecule has 0 radical (unpaired) electrons. The van der Waals surface area contributed by atoms with Crippen LogP contribution in [0.1, 0.15) is 16.7 Å². The zero-order valence-corrected chi connectivity index (χ0v) is 21.5. The highest BCUT2D eigenvalue weighted by molar-refractivity contribution is 9.10. The highest BCUT2D eigenvalue weighted by atomic mass is 79.9. The number of hydrogen-bond donors (Lipinski definition) is 1. The van der Waals surface area contributed by atoms with Gasteiger partial charge in [0.1, 0.15) is 24.0 Å². The highest BCUT2D eigenvalue weighted by Crippen LogP contribution is 2.35. The topological polar surface area (TPSA) is 71.3 Å². The molecule has 8 heteroatoms. The predicted octanol–water partition coefficient (Wildman–Crippen LogP) is 6.68. The molecule has 0 atom stereocenters. The Hall–Kier alpha value is -2.79. The van der Waals surface area contributed by atoms with E-state index in [0.29, 0.717) is 27.4 Å². The van der Waals surface area contributed by atoms with Gasteiger partial charge in [-0.1, -0.05) is 51.8 Å². The van der Waals surface area contributed by atoms with Crippen molar-refractivity contribution >= 4 is 55.4 Å². The van der Waals surface area contributed by atoms with Crippen molar-refractivity contribution in [1.29, 1.82) is 5.26 Å². The molecule has 5 nitrogen and oxygen atoms in total. The zero-order chi connectivity index (χ0) is 23.8. The van der Waals surface area contributed by atoms with Crippen LogP contribution in [-0.4, -0.2) is 13.0 Å². The molecule has 0 spiro atoms. The molecule has 0 unspecified atom stereocenters. The number of carbonyl (C=O) groups excluding carboxylic acids is 1. The van der Waals surface area contributed by atoms with Crippen molar-refractivity contribution < 1.29 is 14.3 Å². The quantitative estimate of drug-likeness (QED) is 0.235. The maximum Gasteiger partial charge on any atom is 0.262 e. The number of nitrogens with one attached hydrogen (secondary N) is 1. The molecule has 1 N–H and O–H groups in total. The van der Waals surface area contributed by atoms with Crippen molar-refractivity contribution in [2.75, 3.05) is 7.11 Å². The van der Waals surface area contributed by atoms with E-state index in [1.54, 1.807) is 19.2 Å². The molecule has 0 bridgehead atoms. The summed E-state index contributed by atoms with van der Waals surface area (Å²) in [7, 11) is 1.59. The minimum absolute atomic E-state index is 0.0324. The van der Waals surface area contributed by atoms with E-state index in [4.69, 9.17) is 21.1 Å². The fraction of sp³-hybridized carbons (Fsp3) is 0.120. The SMILES string of the molecule is COc1ccc(CNC(=O)/C(C#N)=C\c2cc(Cl)c(OCc3ccc(Br)cc3)c(Br)c2)cc1. The summed E-state index contributed by atoms with van der Waals surface area (Å²) in [5.74, 6) is 0.740. The van der Waals surface area contributed by atoms with E-state index in [-0.39, 0.29) is 12.1 Å². The molecule has 0 fully saturated rings. The molecular formula is C25H19Br2ClN2O3. The van der Waals surface area contributed by atoms with Gasteiger partial charge in [-0.2, -0.15) is 5.26 Å². The van der Waals surface area contributed by atoms with Crippen LogP contribution >= 0.6 is 43.5 Å². The van der Waals surface area contributed by atoms with Gasteiger partial charge < -0.3 is 14.8 Å². The number of nitriles is 1. The molecular weight excluding hydrogens is 572 g/mol. The van der Waals surface area contributed by atoms with Gasteiger partial charge in [-0.15, -0.1) is 0 Å². The van der Waals surface area contributed by atoms with Gasteiger partial charge in [0.15, 0.2) is 5.75 Å². The second kappa shape index (κ2) is 11.9. The molecule has 0 heterocycles. The van der Waals surface area contributed by atoms with E-state index < -0.39 is 5.91 Å². The zero-order valence-electron chi connectivity index (χ0n) is 17.6. The molecule has 0 saturated carbocycles. The summed E-state index contributed by atoms with van der Waals surface area (Å²) in [6.45, 7) is 0.632. The standard InChI is InChI=1S/C25H19Br2ClN2O3/c1-32-21-8-4-16(5-9-21)14-30-25(31)19(13-29)10-18-11-22(27)24(23(28)12-18)33-15-17-2-6-20(26)7-3-17/h2-12H,14-15H2,1H3,(H,30,31)/b19-10-. The van der Waals surface area contributed by atoms with E-state index in [1.807, 2.05) is 54.6 Å². The van der Waals surface area contributed by atoms with Crippen molar-refractivity contribution in [3.05, 3.63) is 96.9 Å². The van der Waals surface area contributed by atoms with E-state index in [1.165, 1.54) is 6.08 Å². The molecule has 0 aliphatic rings.